The fourth-order valence-electron chi connectivity index (χ4n) is 1.40. The van der Waals surface area contributed by atoms with Gasteiger partial charge in [-0.15, -0.1) is 0 Å². The Bertz CT molecular complexity index is 304. The van der Waals surface area contributed by atoms with Crippen molar-refractivity contribution in [2.75, 3.05) is 16.8 Å². The summed E-state index contributed by atoms with van der Waals surface area (Å²) in [4.78, 5) is 8.41. The first kappa shape index (κ1) is 13.3. The van der Waals surface area contributed by atoms with Gasteiger partial charge in [0.1, 0.15) is 12.1 Å². The van der Waals surface area contributed by atoms with E-state index in [9.17, 15) is 0 Å². The summed E-state index contributed by atoms with van der Waals surface area (Å²) in [5.41, 5.74) is 1.09. The summed E-state index contributed by atoms with van der Waals surface area (Å²) in [5, 5.41) is 3.41. The first-order valence-electron chi connectivity index (χ1n) is 5.91. The highest BCUT2D eigenvalue weighted by Gasteiger charge is 2.03. The van der Waals surface area contributed by atoms with Gasteiger partial charge < -0.3 is 5.32 Å². The van der Waals surface area contributed by atoms with Crippen molar-refractivity contribution in [1.29, 1.82) is 0 Å². The molecule has 16 heavy (non-hydrogen) atoms. The molecule has 0 aliphatic rings. The van der Waals surface area contributed by atoms with E-state index in [1.54, 1.807) is 6.33 Å². The summed E-state index contributed by atoms with van der Waals surface area (Å²) < 4.78 is 0. The smallest absolute Gasteiger partial charge is 0.129 e. The maximum absolute atomic E-state index is 4.23. The van der Waals surface area contributed by atoms with Gasteiger partial charge in [0, 0.05) is 17.8 Å². The molecule has 1 aromatic heterocycles. The van der Waals surface area contributed by atoms with Crippen LogP contribution in [0.3, 0.4) is 0 Å². The Hall–Kier alpha value is -0.770. The molecule has 0 radical (unpaired) electrons. The van der Waals surface area contributed by atoms with Gasteiger partial charge in [-0.05, 0) is 31.3 Å². The minimum Gasteiger partial charge on any atom is -0.367 e. The second-order valence-corrected chi connectivity index (χ2v) is 5.17. The Balaban J connectivity index is 2.39. The van der Waals surface area contributed by atoms with E-state index in [4.69, 9.17) is 0 Å². The predicted octanol–water partition coefficient (Wildman–Crippen LogP) is 2.98. The fourth-order valence-corrected chi connectivity index (χ4v) is 2.21. The second kappa shape index (κ2) is 7.49. The van der Waals surface area contributed by atoms with Crippen LogP contribution in [-0.4, -0.2) is 27.5 Å². The van der Waals surface area contributed by atoms with Gasteiger partial charge >= 0.3 is 0 Å². The highest BCUT2D eigenvalue weighted by atomic mass is 32.2. The van der Waals surface area contributed by atoms with Crippen molar-refractivity contribution < 1.29 is 0 Å². The monoisotopic (exact) mass is 239 g/mol. The number of hydrogen-bond donors (Lipinski definition) is 1. The Labute approximate surface area is 102 Å². The third kappa shape index (κ3) is 4.84. The van der Waals surface area contributed by atoms with Crippen LogP contribution in [0.4, 0.5) is 5.82 Å². The van der Waals surface area contributed by atoms with Gasteiger partial charge in [0.25, 0.3) is 0 Å². The van der Waals surface area contributed by atoms with Gasteiger partial charge in [-0.3, -0.25) is 0 Å². The molecule has 0 amide bonds. The average molecular weight is 239 g/mol. The summed E-state index contributed by atoms with van der Waals surface area (Å²) in [6.45, 7) is 6.50. The molecule has 0 saturated carbocycles. The number of thioether (sulfide) groups is 1. The largest absolute Gasteiger partial charge is 0.367 e. The molecule has 90 valence electrons. The lowest BCUT2D eigenvalue weighted by molar-refractivity contribution is 0.764. The van der Waals surface area contributed by atoms with Gasteiger partial charge in [-0.2, -0.15) is 11.8 Å². The number of nitrogens with zero attached hydrogens (tertiary/aromatic N) is 2. The molecule has 3 nitrogen and oxygen atoms in total. The normalized spacial score (nSPS) is 12.4. The Morgan fingerprint density at radius 1 is 1.38 bits per heavy atom. The van der Waals surface area contributed by atoms with E-state index in [0.717, 1.165) is 17.9 Å². The Morgan fingerprint density at radius 2 is 2.19 bits per heavy atom. The molecule has 0 fully saturated rings. The lowest BCUT2D eigenvalue weighted by Gasteiger charge is -2.14. The maximum atomic E-state index is 4.23. The van der Waals surface area contributed by atoms with Crippen LogP contribution in [0.5, 0.6) is 0 Å². The molecular formula is C12H21N3S. The second-order valence-electron chi connectivity index (χ2n) is 3.78. The molecule has 0 bridgehead atoms. The number of nitrogens with one attached hydrogen (secondary N) is 1. The zero-order valence-corrected chi connectivity index (χ0v) is 11.2. The third-order valence-corrected chi connectivity index (χ3v) is 3.31. The minimum absolute atomic E-state index is 0.471. The zero-order chi connectivity index (χ0) is 11.8. The van der Waals surface area contributed by atoms with Crippen LogP contribution >= 0.6 is 11.8 Å². The van der Waals surface area contributed by atoms with Gasteiger partial charge in [-0.25, -0.2) is 9.97 Å². The van der Waals surface area contributed by atoms with E-state index in [0.29, 0.717) is 6.04 Å². The first-order valence-corrected chi connectivity index (χ1v) is 7.07. The van der Waals surface area contributed by atoms with Crippen LogP contribution in [0.2, 0.25) is 0 Å². The van der Waals surface area contributed by atoms with Gasteiger partial charge in [0.05, 0.1) is 0 Å². The highest BCUT2D eigenvalue weighted by molar-refractivity contribution is 7.99. The summed E-state index contributed by atoms with van der Waals surface area (Å²) >= 11 is 1.98. The summed E-state index contributed by atoms with van der Waals surface area (Å²) in [6, 6.07) is 2.50. The molecule has 1 rings (SSSR count). The number of rotatable bonds is 7. The van der Waals surface area contributed by atoms with Crippen molar-refractivity contribution in [3.63, 3.8) is 0 Å². The molecule has 0 saturated heterocycles. The van der Waals surface area contributed by atoms with Crippen LogP contribution in [0.25, 0.3) is 0 Å². The molecule has 0 aromatic carbocycles. The number of aryl methyl sites for hydroxylation is 1. The van der Waals surface area contributed by atoms with Crippen LogP contribution in [0, 0.1) is 0 Å². The SMILES string of the molecule is CCSCCC(C)Nc1cc(CC)ncn1. The quantitative estimate of drug-likeness (QED) is 0.742. The standard InChI is InChI=1S/C12H21N3S/c1-4-11-8-12(14-9-13-11)15-10(3)6-7-16-5-2/h8-10H,4-7H2,1-3H3,(H,13,14,15). The van der Waals surface area contributed by atoms with Crippen LogP contribution in [0.1, 0.15) is 32.9 Å². The van der Waals surface area contributed by atoms with Crippen molar-refractivity contribution in [1.82, 2.24) is 9.97 Å². The van der Waals surface area contributed by atoms with E-state index in [1.165, 1.54) is 17.9 Å². The van der Waals surface area contributed by atoms with Gasteiger partial charge in [0.2, 0.25) is 0 Å². The fraction of sp³-hybridized carbons (Fsp3) is 0.667. The first-order chi connectivity index (χ1) is 7.76. The van der Waals surface area contributed by atoms with E-state index in [1.807, 2.05) is 17.8 Å². The lowest BCUT2D eigenvalue weighted by atomic mass is 10.2. The van der Waals surface area contributed by atoms with Crippen LogP contribution < -0.4 is 5.32 Å². The summed E-state index contributed by atoms with van der Waals surface area (Å²) in [7, 11) is 0. The zero-order valence-electron chi connectivity index (χ0n) is 10.4. The van der Waals surface area contributed by atoms with Crippen molar-refractivity contribution in [3.05, 3.63) is 18.1 Å². The molecule has 0 aliphatic carbocycles. The Morgan fingerprint density at radius 3 is 2.88 bits per heavy atom. The molecule has 1 N–H and O–H groups in total. The molecule has 0 spiro atoms. The molecule has 1 atom stereocenters. The summed E-state index contributed by atoms with van der Waals surface area (Å²) in [5.74, 6) is 3.34. The van der Waals surface area contributed by atoms with Crippen LogP contribution in [-0.2, 0) is 6.42 Å². The van der Waals surface area contributed by atoms with Crippen LogP contribution in [0.15, 0.2) is 12.4 Å². The molecule has 1 heterocycles. The van der Waals surface area contributed by atoms with Crippen molar-refractivity contribution in [3.8, 4) is 0 Å². The van der Waals surface area contributed by atoms with Crippen molar-refractivity contribution >= 4 is 17.6 Å². The molecule has 1 aromatic rings. The van der Waals surface area contributed by atoms with Gasteiger partial charge in [0.15, 0.2) is 0 Å². The van der Waals surface area contributed by atoms with Crippen molar-refractivity contribution in [2.45, 2.75) is 39.7 Å². The minimum atomic E-state index is 0.471. The Kier molecular flexibility index (Phi) is 6.23. The number of anilines is 1. The van der Waals surface area contributed by atoms with E-state index in [2.05, 4.69) is 36.1 Å². The van der Waals surface area contributed by atoms with Gasteiger partial charge in [-0.1, -0.05) is 13.8 Å². The van der Waals surface area contributed by atoms with E-state index in [-0.39, 0.29) is 0 Å². The summed E-state index contributed by atoms with van der Waals surface area (Å²) in [6.07, 6.45) is 3.76. The highest BCUT2D eigenvalue weighted by Crippen LogP contribution is 2.10. The van der Waals surface area contributed by atoms with Crippen molar-refractivity contribution in [2.24, 2.45) is 0 Å². The molecule has 1 unspecified atom stereocenters. The maximum Gasteiger partial charge on any atom is 0.129 e. The predicted molar refractivity (Wildman–Crippen MR) is 72.1 cm³/mol. The molecule has 0 aliphatic heterocycles. The number of hydrogen-bond acceptors (Lipinski definition) is 4. The topological polar surface area (TPSA) is 37.8 Å². The van der Waals surface area contributed by atoms with E-state index < -0.39 is 0 Å². The molecule has 4 heteroatoms. The van der Waals surface area contributed by atoms with E-state index >= 15 is 0 Å². The average Bonchev–Trinajstić information content (AvgIpc) is 2.29. The molecular weight excluding hydrogens is 218 g/mol. The third-order valence-electron chi connectivity index (χ3n) is 2.38. The number of aromatic nitrogens is 2. The lowest BCUT2D eigenvalue weighted by Crippen LogP contribution is -2.17.